The summed E-state index contributed by atoms with van der Waals surface area (Å²) in [6.45, 7) is 2.00. The van der Waals surface area contributed by atoms with Crippen molar-refractivity contribution in [2.75, 3.05) is 6.54 Å². The Bertz CT molecular complexity index is 806. The molecule has 1 N–H and O–H groups in total. The highest BCUT2D eigenvalue weighted by molar-refractivity contribution is 7.89. The quantitative estimate of drug-likeness (QED) is 0.759. The molecule has 8 heteroatoms. The van der Waals surface area contributed by atoms with Gasteiger partial charge >= 0.3 is 0 Å². The summed E-state index contributed by atoms with van der Waals surface area (Å²) in [5, 5.41) is 2.87. The Morgan fingerprint density at radius 2 is 1.97 bits per heavy atom. The summed E-state index contributed by atoms with van der Waals surface area (Å²) in [4.78, 5) is 29.8. The van der Waals surface area contributed by atoms with Gasteiger partial charge < -0.3 is 5.32 Å². The number of ketones is 1. The van der Waals surface area contributed by atoms with Crippen molar-refractivity contribution in [3.8, 4) is 0 Å². The highest BCUT2D eigenvalue weighted by atomic mass is 32.2. The monoisotopic (exact) mass is 420 g/mol. The number of carbonyl (C=O) groups is 2. The van der Waals surface area contributed by atoms with E-state index >= 15 is 0 Å². The second kappa shape index (κ2) is 9.80. The maximum Gasteiger partial charge on any atom is 0.284 e. The van der Waals surface area contributed by atoms with Crippen LogP contribution in [-0.2, 0) is 19.6 Å². The molecule has 2 fully saturated rings. The zero-order chi connectivity index (χ0) is 20.9. The molecule has 1 aliphatic carbocycles. The van der Waals surface area contributed by atoms with Gasteiger partial charge in [-0.3, -0.25) is 9.59 Å². The minimum absolute atomic E-state index is 0.0516. The first-order chi connectivity index (χ1) is 13.9. The smallest absolute Gasteiger partial charge is 0.284 e. The molecule has 3 rings (SSSR count). The van der Waals surface area contributed by atoms with Crippen LogP contribution in [0.2, 0.25) is 0 Å². The van der Waals surface area contributed by atoms with Gasteiger partial charge in [0.2, 0.25) is 5.91 Å². The average molecular weight is 421 g/mol. The Balaban J connectivity index is 1.86. The molecule has 2 heterocycles. The molecule has 0 unspecified atom stereocenters. The highest BCUT2D eigenvalue weighted by Gasteiger charge is 2.40. The van der Waals surface area contributed by atoms with Crippen LogP contribution in [0.4, 0.5) is 0 Å². The number of carbonyl (C=O) groups excluding carboxylic acids is 2. The lowest BCUT2D eigenvalue weighted by atomic mass is 9.86. The van der Waals surface area contributed by atoms with Crippen LogP contribution in [-0.4, -0.2) is 48.0 Å². The highest BCUT2D eigenvalue weighted by Crippen LogP contribution is 2.29. The molecule has 1 saturated heterocycles. The average Bonchev–Trinajstić information content (AvgIpc) is 2.89. The van der Waals surface area contributed by atoms with Crippen LogP contribution in [0, 0.1) is 12.3 Å². The molecule has 1 amide bonds. The number of amides is 1. The summed E-state index contributed by atoms with van der Waals surface area (Å²) in [7, 11) is -4.23. The second-order valence-corrected chi connectivity index (χ2v) is 9.85. The van der Waals surface area contributed by atoms with Crippen molar-refractivity contribution in [1.29, 1.82) is 0 Å². The van der Waals surface area contributed by atoms with E-state index < -0.39 is 22.0 Å². The lowest BCUT2D eigenvalue weighted by Gasteiger charge is -2.29. The molecule has 2 atom stereocenters. The summed E-state index contributed by atoms with van der Waals surface area (Å²) in [6.07, 6.45) is 9.92. The Hall–Kier alpha value is -1.80. The maximum absolute atomic E-state index is 13.3. The fourth-order valence-electron chi connectivity index (χ4n) is 4.13. The molecular weight excluding hydrogens is 390 g/mol. The van der Waals surface area contributed by atoms with Crippen LogP contribution in [0.3, 0.4) is 0 Å². The van der Waals surface area contributed by atoms with E-state index in [2.05, 4.69) is 10.3 Å². The normalized spacial score (nSPS) is 24.1. The van der Waals surface area contributed by atoms with E-state index in [1.807, 2.05) is 6.92 Å². The van der Waals surface area contributed by atoms with Crippen molar-refractivity contribution in [3.05, 3.63) is 30.8 Å². The molecule has 0 spiro atoms. The van der Waals surface area contributed by atoms with Gasteiger partial charge in [-0.05, 0) is 44.2 Å². The number of hydrogen-bond acceptors (Lipinski definition) is 6. The van der Waals surface area contributed by atoms with E-state index in [0.29, 0.717) is 25.2 Å². The molecule has 2 aliphatic rings. The topological polar surface area (TPSA) is 96.4 Å². The summed E-state index contributed by atoms with van der Waals surface area (Å²) < 4.78 is 27.4. The molecule has 159 valence electrons. The molecule has 0 bridgehead atoms. The molecule has 1 saturated carbocycles. The molecule has 1 aromatic heterocycles. The molecular formula is C21H30N3O4S. The predicted octanol–water partition coefficient (Wildman–Crippen LogP) is 2.48. The summed E-state index contributed by atoms with van der Waals surface area (Å²) in [6, 6.07) is 3.62. The van der Waals surface area contributed by atoms with Crippen molar-refractivity contribution in [2.24, 2.45) is 5.92 Å². The lowest BCUT2D eigenvalue weighted by molar-refractivity contribution is -0.131. The van der Waals surface area contributed by atoms with Gasteiger partial charge in [-0.15, -0.1) is 0 Å². The first kappa shape index (κ1) is 21.9. The molecule has 1 radical (unpaired) electrons. The van der Waals surface area contributed by atoms with Gasteiger partial charge in [-0.25, -0.2) is 9.29 Å². The van der Waals surface area contributed by atoms with E-state index in [-0.39, 0.29) is 23.4 Å². The molecule has 29 heavy (non-hydrogen) atoms. The van der Waals surface area contributed by atoms with Crippen LogP contribution < -0.4 is 5.32 Å². The van der Waals surface area contributed by atoms with Gasteiger partial charge in [0, 0.05) is 12.2 Å². The third-order valence-corrected chi connectivity index (χ3v) is 7.60. The Morgan fingerprint density at radius 1 is 1.21 bits per heavy atom. The number of rotatable bonds is 6. The zero-order valence-electron chi connectivity index (χ0n) is 16.9. The van der Waals surface area contributed by atoms with Crippen molar-refractivity contribution < 1.29 is 18.0 Å². The van der Waals surface area contributed by atoms with Crippen LogP contribution in [0.25, 0.3) is 0 Å². The predicted molar refractivity (Wildman–Crippen MR) is 109 cm³/mol. The Kier molecular flexibility index (Phi) is 7.40. The summed E-state index contributed by atoms with van der Waals surface area (Å²) in [5.74, 6) is -0.499. The second-order valence-electron chi connectivity index (χ2n) is 8.09. The van der Waals surface area contributed by atoms with Crippen LogP contribution in [0.1, 0.15) is 58.3 Å². The number of aromatic nitrogens is 1. The first-order valence-electron chi connectivity index (χ1n) is 10.5. The third-order valence-electron chi connectivity index (χ3n) is 5.88. The van der Waals surface area contributed by atoms with Crippen LogP contribution >= 0.6 is 0 Å². The van der Waals surface area contributed by atoms with Gasteiger partial charge in [-0.2, -0.15) is 8.42 Å². The van der Waals surface area contributed by atoms with E-state index in [4.69, 9.17) is 0 Å². The maximum atomic E-state index is 13.3. The van der Waals surface area contributed by atoms with Crippen molar-refractivity contribution in [1.82, 2.24) is 14.6 Å². The molecule has 0 aromatic carbocycles. The largest absolute Gasteiger partial charge is 0.307 e. The summed E-state index contributed by atoms with van der Waals surface area (Å²) in [5.41, 5.74) is 0. The molecule has 1 aromatic rings. The number of Topliss-reactive ketones (excluding diaryl/α,β-unsaturated/α-hetero) is 1. The fourth-order valence-corrected chi connectivity index (χ4v) is 5.65. The fraction of sp³-hybridized carbons (Fsp3) is 0.619. The van der Waals surface area contributed by atoms with Gasteiger partial charge in [0.1, 0.15) is 6.04 Å². The molecule has 1 aliphatic heterocycles. The Morgan fingerprint density at radius 3 is 2.66 bits per heavy atom. The van der Waals surface area contributed by atoms with E-state index in [9.17, 15) is 18.0 Å². The number of pyridine rings is 1. The van der Waals surface area contributed by atoms with E-state index in [1.165, 1.54) is 25.1 Å². The summed E-state index contributed by atoms with van der Waals surface area (Å²) >= 11 is 0. The van der Waals surface area contributed by atoms with E-state index in [1.54, 1.807) is 12.1 Å². The van der Waals surface area contributed by atoms with Crippen LogP contribution in [0.15, 0.2) is 29.4 Å². The van der Waals surface area contributed by atoms with Crippen LogP contribution in [0.5, 0.6) is 0 Å². The first-order valence-corrected chi connectivity index (χ1v) is 11.9. The van der Waals surface area contributed by atoms with Crippen molar-refractivity contribution in [2.45, 2.75) is 75.4 Å². The number of nitrogens with one attached hydrogen (secondary N) is 1. The number of nitrogens with zero attached hydrogens (tertiary/aromatic N) is 2. The third kappa shape index (κ3) is 5.42. The van der Waals surface area contributed by atoms with Gasteiger partial charge in [-0.1, -0.05) is 38.2 Å². The number of sulfonamides is 1. The van der Waals surface area contributed by atoms with Crippen molar-refractivity contribution >= 4 is 21.7 Å². The minimum Gasteiger partial charge on any atom is -0.307 e. The van der Waals surface area contributed by atoms with Gasteiger partial charge in [0.05, 0.1) is 13.0 Å². The SMILES string of the molecule is C[C@@H]1CC[C@H](N(C(=O)[CH]CC2CCCCC2)S(=O)(=O)c2ccccn2)C(=O)CN1. The molecule has 7 nitrogen and oxygen atoms in total. The minimum atomic E-state index is -4.23. The lowest BCUT2D eigenvalue weighted by Crippen LogP contribution is -2.50. The zero-order valence-corrected chi connectivity index (χ0v) is 17.7. The standard InChI is InChI=1S/C21H30N3O4S/c1-16-10-12-18(19(25)15-23-16)24(29(27,28)20-9-5-6-14-22-20)21(26)13-11-17-7-3-2-4-8-17/h5-6,9,13-14,16-18,23H,2-4,7-8,10-12,15H2,1H3/t16-,18+/m1/s1. The van der Waals surface area contributed by atoms with Gasteiger partial charge in [0.25, 0.3) is 10.0 Å². The van der Waals surface area contributed by atoms with E-state index in [0.717, 1.165) is 30.0 Å². The van der Waals surface area contributed by atoms with Gasteiger partial charge in [0.15, 0.2) is 10.8 Å². The number of hydrogen-bond donors (Lipinski definition) is 1. The van der Waals surface area contributed by atoms with Crippen molar-refractivity contribution in [3.63, 3.8) is 0 Å². The Labute approximate surface area is 173 Å².